The number of carbonyl (C=O) groups excluding carboxylic acids is 1. The van der Waals surface area contributed by atoms with E-state index in [9.17, 15) is 4.79 Å². The maximum absolute atomic E-state index is 10.9. The zero-order valence-electron chi connectivity index (χ0n) is 9.20. The molecule has 5 heteroatoms. The van der Waals surface area contributed by atoms with E-state index in [1.54, 1.807) is 14.2 Å². The number of hydrogen-bond donors (Lipinski definition) is 0. The van der Waals surface area contributed by atoms with Crippen LogP contribution in [0.2, 0.25) is 0 Å². The van der Waals surface area contributed by atoms with Gasteiger partial charge in [0.2, 0.25) is 0 Å². The van der Waals surface area contributed by atoms with Crippen LogP contribution >= 0.6 is 0 Å². The highest BCUT2D eigenvalue weighted by Crippen LogP contribution is 2.10. The summed E-state index contributed by atoms with van der Waals surface area (Å²) in [4.78, 5) is 10.9. The number of ether oxygens (including phenoxy) is 3. The van der Waals surface area contributed by atoms with Crippen LogP contribution in [0.3, 0.4) is 0 Å². The molecule has 0 heterocycles. The van der Waals surface area contributed by atoms with E-state index < -0.39 is 20.9 Å². The second-order valence-corrected chi connectivity index (χ2v) is 6.04. The molecule has 82 valence electrons. The lowest BCUT2D eigenvalue weighted by molar-refractivity contribution is -0.144. The fraction of sp³-hybridized carbons (Fsp3) is 0.667. The number of hydrogen-bond acceptors (Lipinski definition) is 4. The quantitative estimate of drug-likeness (QED) is 0.276. The van der Waals surface area contributed by atoms with Crippen molar-refractivity contribution >= 4 is 15.5 Å². The summed E-state index contributed by atoms with van der Waals surface area (Å²) in [5.41, 5.74) is -0.716. The Morgan fingerprint density at radius 1 is 1.50 bits per heavy atom. The molecule has 0 aliphatic heterocycles. The monoisotopic (exact) mass is 218 g/mol. The summed E-state index contributed by atoms with van der Waals surface area (Å²) in [6.45, 7) is 7.01. The lowest BCUT2D eigenvalue weighted by atomic mass is 10.6. The molecule has 0 aromatic heterocycles. The topological polar surface area (TPSA) is 44.8 Å². The van der Waals surface area contributed by atoms with Crippen molar-refractivity contribution in [3.63, 3.8) is 0 Å². The van der Waals surface area contributed by atoms with E-state index in [1.165, 1.54) is 0 Å². The second-order valence-electron chi connectivity index (χ2n) is 3.20. The van der Waals surface area contributed by atoms with Crippen molar-refractivity contribution in [1.82, 2.24) is 0 Å². The van der Waals surface area contributed by atoms with Crippen molar-refractivity contribution < 1.29 is 19.0 Å². The minimum Gasteiger partial charge on any atom is -0.464 e. The van der Waals surface area contributed by atoms with E-state index >= 15 is 0 Å². The van der Waals surface area contributed by atoms with E-state index in [2.05, 4.69) is 6.58 Å². The Kier molecular flexibility index (Phi) is 5.67. The highest BCUT2D eigenvalue weighted by molar-refractivity contribution is 6.40. The van der Waals surface area contributed by atoms with Crippen LogP contribution in [-0.2, 0) is 19.0 Å². The maximum Gasteiger partial charge on any atom is 0.330 e. The molecule has 0 aromatic rings. The summed E-state index contributed by atoms with van der Waals surface area (Å²) in [5, 5.41) is 0. The van der Waals surface area contributed by atoms with Crippen LogP contribution in [0.15, 0.2) is 12.7 Å². The Hall–Kier alpha value is -0.653. The zero-order chi connectivity index (χ0) is 11.2. The van der Waals surface area contributed by atoms with Crippen molar-refractivity contribution in [3.05, 3.63) is 12.7 Å². The summed E-state index contributed by atoms with van der Waals surface area (Å²) < 4.78 is 15.4. The summed E-state index contributed by atoms with van der Waals surface area (Å²) in [7, 11) is 2.33. The molecule has 0 saturated carbocycles. The Morgan fingerprint density at radius 2 is 2.00 bits per heavy atom. The summed E-state index contributed by atoms with van der Waals surface area (Å²) in [6, 6.07) is 0. The largest absolute Gasteiger partial charge is 0.464 e. The fourth-order valence-electron chi connectivity index (χ4n) is 1.06. The predicted molar refractivity (Wildman–Crippen MR) is 56.7 cm³/mol. The van der Waals surface area contributed by atoms with Crippen molar-refractivity contribution in [1.29, 1.82) is 0 Å². The first-order valence-electron chi connectivity index (χ1n) is 4.40. The molecule has 4 nitrogen and oxygen atoms in total. The van der Waals surface area contributed by atoms with Gasteiger partial charge in [0.25, 0.3) is 0 Å². The van der Waals surface area contributed by atoms with Gasteiger partial charge in [-0.25, -0.2) is 4.79 Å². The first-order valence-corrected chi connectivity index (χ1v) is 5.93. The van der Waals surface area contributed by atoms with Crippen LogP contribution in [0.1, 0.15) is 13.8 Å². The molecule has 0 aromatic carbocycles. The molecule has 0 saturated heterocycles. The number of esters is 1. The highest BCUT2D eigenvalue weighted by Gasteiger charge is 2.27. The van der Waals surface area contributed by atoms with Gasteiger partial charge in [0.05, 0.1) is 5.73 Å². The van der Waals surface area contributed by atoms with Crippen LogP contribution in [0.25, 0.3) is 0 Å². The third-order valence-corrected chi connectivity index (χ3v) is 4.07. The smallest absolute Gasteiger partial charge is 0.330 e. The minimum atomic E-state index is -0.834. The molecule has 0 amide bonds. The summed E-state index contributed by atoms with van der Waals surface area (Å²) >= 11 is 0. The Balaban J connectivity index is 4.09. The number of rotatable bonds is 6. The molecule has 0 fully saturated rings. The van der Waals surface area contributed by atoms with Gasteiger partial charge in [0, 0.05) is 20.3 Å². The predicted octanol–water partition coefficient (Wildman–Crippen LogP) is 0.197. The SMILES string of the molecule is C=CC(=O)OC(C)[SiH2]C(C)(OC)OC. The summed E-state index contributed by atoms with van der Waals surface area (Å²) in [5.74, 6) is -0.403. The van der Waals surface area contributed by atoms with E-state index in [1.807, 2.05) is 13.8 Å². The fourth-order valence-corrected chi connectivity index (χ4v) is 2.69. The van der Waals surface area contributed by atoms with E-state index in [0.717, 1.165) is 6.08 Å². The standard InChI is InChI=1S/C9H18O4Si/c1-6-8(10)13-7(2)14-9(3,11-4)12-5/h6-7H,1,14H2,2-5H3. The zero-order valence-corrected chi connectivity index (χ0v) is 10.6. The molecule has 0 radical (unpaired) electrons. The van der Waals surface area contributed by atoms with Crippen LogP contribution in [0.5, 0.6) is 0 Å². The van der Waals surface area contributed by atoms with Gasteiger partial charge in [-0.2, -0.15) is 0 Å². The number of carbonyl (C=O) groups is 1. The van der Waals surface area contributed by atoms with Gasteiger partial charge < -0.3 is 14.2 Å². The Bertz CT molecular complexity index is 201. The molecule has 1 unspecified atom stereocenters. The van der Waals surface area contributed by atoms with Gasteiger partial charge in [-0.05, 0) is 13.8 Å². The van der Waals surface area contributed by atoms with Gasteiger partial charge in [-0.15, -0.1) is 0 Å². The normalized spacial score (nSPS) is 14.3. The van der Waals surface area contributed by atoms with E-state index in [4.69, 9.17) is 14.2 Å². The molecule has 1 atom stereocenters. The Labute approximate surface area is 87.0 Å². The minimum absolute atomic E-state index is 0.134. The molecule has 0 N–H and O–H groups in total. The lowest BCUT2D eigenvalue weighted by Crippen LogP contribution is -2.43. The molecular formula is C9H18O4Si. The van der Waals surface area contributed by atoms with Crippen molar-refractivity contribution in [2.24, 2.45) is 0 Å². The lowest BCUT2D eigenvalue weighted by Gasteiger charge is -2.28. The van der Waals surface area contributed by atoms with Gasteiger partial charge >= 0.3 is 5.97 Å². The molecule has 0 aliphatic rings. The van der Waals surface area contributed by atoms with Gasteiger partial charge in [0.15, 0.2) is 0 Å². The first kappa shape index (κ1) is 13.3. The molecular weight excluding hydrogens is 200 g/mol. The third kappa shape index (κ3) is 4.55. The second kappa shape index (κ2) is 5.95. The average molecular weight is 218 g/mol. The van der Waals surface area contributed by atoms with Gasteiger partial charge in [-0.3, -0.25) is 0 Å². The molecule has 0 spiro atoms. The van der Waals surface area contributed by atoms with Crippen LogP contribution in [-0.4, -0.2) is 40.8 Å². The van der Waals surface area contributed by atoms with E-state index in [0.29, 0.717) is 0 Å². The average Bonchev–Trinajstić information content (AvgIpc) is 2.17. The van der Waals surface area contributed by atoms with Crippen LogP contribution in [0, 0.1) is 0 Å². The van der Waals surface area contributed by atoms with Gasteiger partial charge in [-0.1, -0.05) is 6.58 Å². The van der Waals surface area contributed by atoms with Crippen LogP contribution in [0.4, 0.5) is 0 Å². The van der Waals surface area contributed by atoms with E-state index in [-0.39, 0.29) is 5.73 Å². The highest BCUT2D eigenvalue weighted by atomic mass is 28.2. The third-order valence-electron chi connectivity index (χ3n) is 2.01. The molecule has 0 rings (SSSR count). The molecule has 0 bridgehead atoms. The summed E-state index contributed by atoms with van der Waals surface area (Å²) in [6.07, 6.45) is 1.15. The number of methoxy groups -OCH3 is 2. The van der Waals surface area contributed by atoms with Crippen molar-refractivity contribution in [2.45, 2.75) is 25.0 Å². The maximum atomic E-state index is 10.9. The molecule has 0 aliphatic carbocycles. The molecule has 14 heavy (non-hydrogen) atoms. The van der Waals surface area contributed by atoms with Crippen molar-refractivity contribution in [3.8, 4) is 0 Å². The first-order chi connectivity index (χ1) is 6.47. The Morgan fingerprint density at radius 3 is 2.36 bits per heavy atom. The van der Waals surface area contributed by atoms with Crippen LogP contribution < -0.4 is 0 Å². The van der Waals surface area contributed by atoms with Crippen molar-refractivity contribution in [2.75, 3.05) is 14.2 Å². The van der Waals surface area contributed by atoms with Gasteiger partial charge in [0.1, 0.15) is 14.9 Å².